The molecule has 1 unspecified atom stereocenters. The number of carbonyl (C=O) groups excluding carboxylic acids is 2. The number of rotatable bonds is 6. The highest BCUT2D eigenvalue weighted by Crippen LogP contribution is 2.44. The van der Waals surface area contributed by atoms with Crippen molar-refractivity contribution in [2.24, 2.45) is 5.92 Å². The van der Waals surface area contributed by atoms with Gasteiger partial charge in [0.1, 0.15) is 18.7 Å². The summed E-state index contributed by atoms with van der Waals surface area (Å²) in [6.45, 7) is 2.30. The van der Waals surface area contributed by atoms with Gasteiger partial charge in [0, 0.05) is 12.3 Å². The van der Waals surface area contributed by atoms with Gasteiger partial charge in [0.2, 0.25) is 5.91 Å². The summed E-state index contributed by atoms with van der Waals surface area (Å²) in [5.41, 5.74) is 4.18. The fraction of sp³-hybridized carbons (Fsp3) is 0.400. The Labute approximate surface area is 195 Å². The maximum Gasteiger partial charge on any atom is 0.407 e. The van der Waals surface area contributed by atoms with Crippen molar-refractivity contribution in [2.45, 2.75) is 44.2 Å². The highest BCUT2D eigenvalue weighted by Gasteiger charge is 2.51. The molecule has 2 atom stereocenters. The molecule has 34 heavy (non-hydrogen) atoms. The number of carboxylic acid groups (broad SMARTS) is 1. The Morgan fingerprint density at radius 3 is 2.18 bits per heavy atom. The van der Waals surface area contributed by atoms with Crippen molar-refractivity contribution in [3.8, 4) is 11.1 Å². The van der Waals surface area contributed by atoms with Crippen LogP contribution < -0.4 is 5.32 Å². The molecule has 1 aliphatic heterocycles. The lowest BCUT2D eigenvalue weighted by Crippen LogP contribution is -2.54. The Bertz CT molecular complexity index is 1070. The minimum atomic E-state index is -3.30. The number of nitrogens with zero attached hydrogens (tertiary/aromatic N) is 1. The standard InChI is InChI=1S/C25H26F2N2O5/c1-14(2)21(22(30)29-13-25(26,27)11-20(29)23(31)32)28-24(33)34-12-19-17-9-5-3-7-15(17)16-8-4-6-10-18(16)19/h3-10,14,19-21H,11-13H2,1-2H3,(H,28,33)(H,31,32)/t20-,21?/m0/s1. The number of aliphatic carboxylic acids is 1. The second-order valence-corrected chi connectivity index (χ2v) is 9.07. The van der Waals surface area contributed by atoms with Gasteiger partial charge in [-0.25, -0.2) is 18.4 Å². The van der Waals surface area contributed by atoms with E-state index in [1.54, 1.807) is 13.8 Å². The molecule has 180 valence electrons. The zero-order valence-corrected chi connectivity index (χ0v) is 18.8. The summed E-state index contributed by atoms with van der Waals surface area (Å²) in [5.74, 6) is -6.33. The largest absolute Gasteiger partial charge is 0.480 e. The van der Waals surface area contributed by atoms with E-state index in [1.165, 1.54) is 0 Å². The summed E-state index contributed by atoms with van der Waals surface area (Å²) in [7, 11) is 0. The van der Waals surface area contributed by atoms with Gasteiger partial charge < -0.3 is 20.1 Å². The topological polar surface area (TPSA) is 95.9 Å². The summed E-state index contributed by atoms with van der Waals surface area (Å²) in [4.78, 5) is 37.7. The summed E-state index contributed by atoms with van der Waals surface area (Å²) >= 11 is 0. The number of nitrogens with one attached hydrogen (secondary N) is 1. The molecule has 1 saturated heterocycles. The van der Waals surface area contributed by atoms with Crippen LogP contribution in [0.5, 0.6) is 0 Å². The Kier molecular flexibility index (Phi) is 6.29. The molecule has 0 aromatic heterocycles. The lowest BCUT2D eigenvalue weighted by Gasteiger charge is -2.29. The van der Waals surface area contributed by atoms with Crippen LogP contribution in [-0.2, 0) is 14.3 Å². The van der Waals surface area contributed by atoms with Gasteiger partial charge in [-0.3, -0.25) is 4.79 Å². The van der Waals surface area contributed by atoms with Crippen molar-refractivity contribution < 1.29 is 33.0 Å². The number of hydrogen-bond acceptors (Lipinski definition) is 4. The molecule has 0 bridgehead atoms. The molecule has 1 fully saturated rings. The van der Waals surface area contributed by atoms with E-state index in [-0.39, 0.29) is 12.5 Å². The first kappa shape index (κ1) is 23.7. The number of alkyl halides is 2. The van der Waals surface area contributed by atoms with Crippen LogP contribution in [0, 0.1) is 5.92 Å². The van der Waals surface area contributed by atoms with Gasteiger partial charge >= 0.3 is 12.1 Å². The van der Waals surface area contributed by atoms with E-state index >= 15 is 0 Å². The van der Waals surface area contributed by atoms with Crippen LogP contribution in [0.3, 0.4) is 0 Å². The SMILES string of the molecule is CC(C)C(NC(=O)OCC1c2ccccc2-c2ccccc21)C(=O)N1CC(F)(F)C[C@H]1C(=O)O. The molecule has 2 aromatic rings. The first-order chi connectivity index (χ1) is 16.1. The number of amides is 2. The molecule has 1 aliphatic carbocycles. The molecule has 0 saturated carbocycles. The van der Waals surface area contributed by atoms with Crippen molar-refractivity contribution in [3.05, 3.63) is 59.7 Å². The van der Waals surface area contributed by atoms with E-state index < -0.39 is 54.9 Å². The number of alkyl carbamates (subject to hydrolysis) is 1. The quantitative estimate of drug-likeness (QED) is 0.666. The molecule has 7 nitrogen and oxygen atoms in total. The zero-order chi connectivity index (χ0) is 24.6. The average Bonchev–Trinajstić information content (AvgIpc) is 3.30. The van der Waals surface area contributed by atoms with Crippen molar-refractivity contribution in [1.29, 1.82) is 0 Å². The predicted octanol–water partition coefficient (Wildman–Crippen LogP) is 3.87. The fourth-order valence-corrected chi connectivity index (χ4v) is 4.73. The third-order valence-corrected chi connectivity index (χ3v) is 6.39. The van der Waals surface area contributed by atoms with Gasteiger partial charge in [-0.2, -0.15) is 0 Å². The first-order valence-corrected chi connectivity index (χ1v) is 11.1. The maximum absolute atomic E-state index is 13.9. The van der Waals surface area contributed by atoms with Crippen LogP contribution in [-0.4, -0.2) is 59.1 Å². The third kappa shape index (κ3) is 4.47. The second kappa shape index (κ2) is 9.04. The van der Waals surface area contributed by atoms with Crippen LogP contribution in [0.25, 0.3) is 11.1 Å². The minimum absolute atomic E-state index is 0.0262. The van der Waals surface area contributed by atoms with E-state index in [1.807, 2.05) is 48.5 Å². The van der Waals surface area contributed by atoms with Gasteiger partial charge in [-0.1, -0.05) is 62.4 Å². The second-order valence-electron chi connectivity index (χ2n) is 9.07. The lowest BCUT2D eigenvalue weighted by atomic mass is 9.98. The number of benzene rings is 2. The summed E-state index contributed by atoms with van der Waals surface area (Å²) < 4.78 is 33.2. The predicted molar refractivity (Wildman–Crippen MR) is 120 cm³/mol. The summed E-state index contributed by atoms with van der Waals surface area (Å²) in [6.07, 6.45) is -1.82. The molecule has 0 spiro atoms. The molecule has 9 heteroatoms. The van der Waals surface area contributed by atoms with Crippen LogP contribution in [0.4, 0.5) is 13.6 Å². The highest BCUT2D eigenvalue weighted by atomic mass is 19.3. The monoisotopic (exact) mass is 472 g/mol. The van der Waals surface area contributed by atoms with E-state index in [0.717, 1.165) is 22.3 Å². The van der Waals surface area contributed by atoms with E-state index in [0.29, 0.717) is 4.90 Å². The molecule has 0 radical (unpaired) electrons. The zero-order valence-electron chi connectivity index (χ0n) is 18.8. The number of hydrogen-bond donors (Lipinski definition) is 2. The Hall–Kier alpha value is -3.49. The maximum atomic E-state index is 13.9. The smallest absolute Gasteiger partial charge is 0.407 e. The normalized spacial score (nSPS) is 19.4. The number of halogens is 2. The number of carbonyl (C=O) groups is 3. The van der Waals surface area contributed by atoms with Crippen molar-refractivity contribution in [2.75, 3.05) is 13.2 Å². The van der Waals surface area contributed by atoms with E-state index in [2.05, 4.69) is 5.32 Å². The summed E-state index contributed by atoms with van der Waals surface area (Å²) in [6, 6.07) is 12.8. The van der Waals surface area contributed by atoms with Crippen molar-refractivity contribution in [1.82, 2.24) is 10.2 Å². The van der Waals surface area contributed by atoms with E-state index in [4.69, 9.17) is 4.74 Å². The van der Waals surface area contributed by atoms with Crippen LogP contribution in [0.2, 0.25) is 0 Å². The number of ether oxygens (including phenoxy) is 1. The van der Waals surface area contributed by atoms with Crippen molar-refractivity contribution >= 4 is 18.0 Å². The molecule has 4 rings (SSSR count). The van der Waals surface area contributed by atoms with Gasteiger partial charge in [-0.15, -0.1) is 0 Å². The van der Waals surface area contributed by atoms with Gasteiger partial charge in [0.25, 0.3) is 5.92 Å². The van der Waals surface area contributed by atoms with Crippen molar-refractivity contribution in [3.63, 3.8) is 0 Å². The Morgan fingerprint density at radius 2 is 1.65 bits per heavy atom. The molecular formula is C25H26F2N2O5. The van der Waals surface area contributed by atoms with Gasteiger partial charge in [0.15, 0.2) is 0 Å². The molecule has 1 heterocycles. The summed E-state index contributed by atoms with van der Waals surface area (Å²) in [5, 5.41) is 11.8. The molecule has 2 aliphatic rings. The third-order valence-electron chi connectivity index (χ3n) is 6.39. The highest BCUT2D eigenvalue weighted by molar-refractivity contribution is 5.90. The first-order valence-electron chi connectivity index (χ1n) is 11.1. The van der Waals surface area contributed by atoms with Gasteiger partial charge in [-0.05, 0) is 28.2 Å². The average molecular weight is 472 g/mol. The van der Waals surface area contributed by atoms with Crippen LogP contribution in [0.1, 0.15) is 37.3 Å². The van der Waals surface area contributed by atoms with Gasteiger partial charge in [0.05, 0.1) is 6.54 Å². The lowest BCUT2D eigenvalue weighted by molar-refractivity contribution is -0.149. The van der Waals surface area contributed by atoms with E-state index in [9.17, 15) is 28.3 Å². The number of carboxylic acids is 1. The number of likely N-dealkylation sites (tertiary alicyclic amines) is 1. The Balaban J connectivity index is 1.45. The number of fused-ring (bicyclic) bond motifs is 3. The fourth-order valence-electron chi connectivity index (χ4n) is 4.73. The molecule has 2 amide bonds. The Morgan fingerprint density at radius 1 is 1.09 bits per heavy atom. The minimum Gasteiger partial charge on any atom is -0.480 e. The molecular weight excluding hydrogens is 446 g/mol. The molecule has 2 aromatic carbocycles. The molecule has 2 N–H and O–H groups in total. The van der Waals surface area contributed by atoms with Crippen LogP contribution >= 0.6 is 0 Å². The van der Waals surface area contributed by atoms with Crippen LogP contribution in [0.15, 0.2) is 48.5 Å².